The molecule has 1 aromatic rings. The van der Waals surface area contributed by atoms with Crippen LogP contribution in [-0.2, 0) is 12.8 Å². The minimum absolute atomic E-state index is 0.0673. The smallest absolute Gasteiger partial charge is 0.243 e. The van der Waals surface area contributed by atoms with Crippen LogP contribution in [0.15, 0.2) is 0 Å². The zero-order valence-electron chi connectivity index (χ0n) is 11.8. The normalized spacial score (nSPS) is 14.3. The maximum Gasteiger partial charge on any atom is 0.243 e. The number of halogens is 1. The minimum Gasteiger partial charge on any atom is -0.348 e. The molecule has 0 saturated carbocycles. The van der Waals surface area contributed by atoms with Crippen molar-refractivity contribution in [3.63, 3.8) is 0 Å². The maximum atomic E-state index is 5.84. The van der Waals surface area contributed by atoms with Gasteiger partial charge in [0.05, 0.1) is 11.4 Å². The Morgan fingerprint density at radius 2 is 1.78 bits per heavy atom. The Balaban J connectivity index is 2.90. The molecule has 0 aliphatic carbocycles. The van der Waals surface area contributed by atoms with Gasteiger partial charge in [0.1, 0.15) is 0 Å². The Bertz CT molecular complexity index is 383. The van der Waals surface area contributed by atoms with Crippen LogP contribution in [0.2, 0.25) is 0 Å². The fourth-order valence-electron chi connectivity index (χ4n) is 1.80. The number of hydrogen-bond donors (Lipinski definition) is 1. The van der Waals surface area contributed by atoms with Crippen LogP contribution in [0.25, 0.3) is 0 Å². The van der Waals surface area contributed by atoms with Crippen molar-refractivity contribution in [2.75, 3.05) is 11.2 Å². The summed E-state index contributed by atoms with van der Waals surface area (Å²) in [6.07, 6.45) is 3.60. The van der Waals surface area contributed by atoms with Gasteiger partial charge in [0.2, 0.25) is 5.95 Å². The van der Waals surface area contributed by atoms with Crippen molar-refractivity contribution in [3.05, 3.63) is 11.4 Å². The van der Waals surface area contributed by atoms with Crippen LogP contribution in [0.3, 0.4) is 0 Å². The molecule has 0 amide bonds. The molecule has 1 N–H and O–H groups in total. The first-order valence-electron chi connectivity index (χ1n) is 6.65. The minimum atomic E-state index is -0.0673. The number of aromatic nitrogens is 3. The van der Waals surface area contributed by atoms with Crippen LogP contribution in [0.5, 0.6) is 0 Å². The number of anilines is 1. The summed E-state index contributed by atoms with van der Waals surface area (Å²) in [5.74, 6) is 1.23. The Morgan fingerprint density at radius 3 is 2.28 bits per heavy atom. The lowest BCUT2D eigenvalue weighted by Crippen LogP contribution is -2.35. The summed E-state index contributed by atoms with van der Waals surface area (Å²) >= 11 is 5.84. The molecule has 0 bridgehead atoms. The molecule has 0 aliphatic rings. The summed E-state index contributed by atoms with van der Waals surface area (Å²) in [6.45, 7) is 8.43. The van der Waals surface area contributed by atoms with Gasteiger partial charge < -0.3 is 5.32 Å². The second-order valence-corrected chi connectivity index (χ2v) is 5.09. The van der Waals surface area contributed by atoms with Gasteiger partial charge in [-0.25, -0.2) is 4.98 Å². The Hall–Kier alpha value is -0.900. The van der Waals surface area contributed by atoms with Crippen molar-refractivity contribution in [3.8, 4) is 0 Å². The third kappa shape index (κ3) is 3.80. The molecule has 0 spiro atoms. The molecule has 0 saturated heterocycles. The molecule has 0 aliphatic heterocycles. The van der Waals surface area contributed by atoms with Gasteiger partial charge in [0.15, 0.2) is 0 Å². The lowest BCUT2D eigenvalue weighted by molar-refractivity contribution is 0.475. The molecule has 0 aromatic carbocycles. The topological polar surface area (TPSA) is 50.7 Å². The van der Waals surface area contributed by atoms with Crippen LogP contribution in [0, 0.1) is 0 Å². The van der Waals surface area contributed by atoms with Crippen LogP contribution in [-0.4, -0.2) is 26.6 Å². The van der Waals surface area contributed by atoms with Crippen molar-refractivity contribution in [1.29, 1.82) is 0 Å². The van der Waals surface area contributed by atoms with Crippen LogP contribution in [0.4, 0.5) is 5.95 Å². The second-order valence-electron chi connectivity index (χ2n) is 4.71. The molecule has 0 radical (unpaired) electrons. The van der Waals surface area contributed by atoms with Crippen LogP contribution < -0.4 is 5.32 Å². The van der Waals surface area contributed by atoms with E-state index in [-0.39, 0.29) is 5.54 Å². The predicted molar refractivity (Wildman–Crippen MR) is 76.2 cm³/mol. The van der Waals surface area contributed by atoms with Crippen molar-refractivity contribution < 1.29 is 0 Å². The summed E-state index contributed by atoms with van der Waals surface area (Å²) in [5, 5.41) is 11.8. The number of nitrogens with zero attached hydrogens (tertiary/aromatic N) is 3. The van der Waals surface area contributed by atoms with Crippen LogP contribution in [0.1, 0.15) is 51.9 Å². The van der Waals surface area contributed by atoms with E-state index in [2.05, 4.69) is 48.2 Å². The molecule has 102 valence electrons. The van der Waals surface area contributed by atoms with Gasteiger partial charge >= 0.3 is 0 Å². The summed E-state index contributed by atoms with van der Waals surface area (Å²) in [6, 6.07) is 0. The molecule has 0 fully saturated rings. The average Bonchev–Trinajstić information content (AvgIpc) is 2.38. The molecular weight excluding hydrogens is 248 g/mol. The highest BCUT2D eigenvalue weighted by atomic mass is 35.5. The maximum absolute atomic E-state index is 5.84. The molecule has 1 heterocycles. The summed E-state index contributed by atoms with van der Waals surface area (Å²) in [5.41, 5.74) is 1.94. The standard InChI is InChI=1S/C13H23ClN4/c1-5-10-11(6-2)17-18-12(15-10)16-13(4,7-3)8-9-14/h5-9H2,1-4H3,(H,15,16,18). The molecule has 1 unspecified atom stereocenters. The van der Waals surface area contributed by atoms with Gasteiger partial charge in [-0.1, -0.05) is 20.8 Å². The van der Waals surface area contributed by atoms with Crippen molar-refractivity contribution in [2.24, 2.45) is 0 Å². The van der Waals surface area contributed by atoms with Crippen LogP contribution >= 0.6 is 11.6 Å². The largest absolute Gasteiger partial charge is 0.348 e. The van der Waals surface area contributed by atoms with E-state index in [1.807, 2.05) is 0 Å². The highest BCUT2D eigenvalue weighted by Crippen LogP contribution is 2.20. The summed E-state index contributed by atoms with van der Waals surface area (Å²) in [7, 11) is 0. The van der Waals surface area contributed by atoms with Gasteiger partial charge in [-0.2, -0.15) is 5.10 Å². The highest BCUT2D eigenvalue weighted by Gasteiger charge is 2.22. The van der Waals surface area contributed by atoms with E-state index in [1.54, 1.807) is 0 Å². The van der Waals surface area contributed by atoms with E-state index >= 15 is 0 Å². The first-order chi connectivity index (χ1) is 8.58. The van der Waals surface area contributed by atoms with E-state index < -0.39 is 0 Å². The fourth-order valence-corrected chi connectivity index (χ4v) is 2.21. The molecule has 5 heteroatoms. The van der Waals surface area contributed by atoms with E-state index in [0.717, 1.165) is 37.1 Å². The number of rotatable bonds is 7. The summed E-state index contributed by atoms with van der Waals surface area (Å²) in [4.78, 5) is 4.55. The van der Waals surface area contributed by atoms with Crippen molar-refractivity contribution in [2.45, 2.75) is 58.9 Å². The number of hydrogen-bond acceptors (Lipinski definition) is 4. The number of aryl methyl sites for hydroxylation is 2. The van der Waals surface area contributed by atoms with Gasteiger partial charge in [0, 0.05) is 11.4 Å². The van der Waals surface area contributed by atoms with E-state index in [9.17, 15) is 0 Å². The van der Waals surface area contributed by atoms with Gasteiger partial charge in [-0.15, -0.1) is 16.7 Å². The molecule has 1 aromatic heterocycles. The molecule has 4 nitrogen and oxygen atoms in total. The molecule has 1 rings (SSSR count). The van der Waals surface area contributed by atoms with Gasteiger partial charge in [0.25, 0.3) is 0 Å². The lowest BCUT2D eigenvalue weighted by Gasteiger charge is -2.28. The van der Waals surface area contributed by atoms with E-state index in [1.165, 1.54) is 0 Å². The van der Waals surface area contributed by atoms with Crippen molar-refractivity contribution in [1.82, 2.24) is 15.2 Å². The number of alkyl halides is 1. The third-order valence-corrected chi connectivity index (χ3v) is 3.54. The first-order valence-corrected chi connectivity index (χ1v) is 7.18. The predicted octanol–water partition coefficient (Wildman–Crippen LogP) is 3.21. The zero-order chi connectivity index (χ0) is 13.6. The Labute approximate surface area is 115 Å². The Kier molecular flexibility index (Phi) is 5.79. The quantitative estimate of drug-likeness (QED) is 0.773. The van der Waals surface area contributed by atoms with E-state index in [0.29, 0.717) is 11.8 Å². The zero-order valence-corrected chi connectivity index (χ0v) is 12.5. The fraction of sp³-hybridized carbons (Fsp3) is 0.769. The molecular formula is C13H23ClN4. The number of nitrogens with one attached hydrogen (secondary N) is 1. The monoisotopic (exact) mass is 270 g/mol. The van der Waals surface area contributed by atoms with Gasteiger partial charge in [-0.3, -0.25) is 0 Å². The summed E-state index contributed by atoms with van der Waals surface area (Å²) < 4.78 is 0. The van der Waals surface area contributed by atoms with Gasteiger partial charge in [-0.05, 0) is 32.6 Å². The van der Waals surface area contributed by atoms with Crippen molar-refractivity contribution >= 4 is 17.5 Å². The SMILES string of the molecule is CCc1nnc(NC(C)(CC)CCCl)nc1CC. The average molecular weight is 271 g/mol. The van der Waals surface area contributed by atoms with E-state index in [4.69, 9.17) is 11.6 Å². The molecule has 18 heavy (non-hydrogen) atoms. The Morgan fingerprint density at radius 1 is 1.11 bits per heavy atom. The highest BCUT2D eigenvalue weighted by molar-refractivity contribution is 6.17. The first kappa shape index (κ1) is 15.2. The second kappa shape index (κ2) is 6.88. The molecule has 1 atom stereocenters. The lowest BCUT2D eigenvalue weighted by atomic mass is 9.96. The third-order valence-electron chi connectivity index (χ3n) is 3.35.